The minimum Gasteiger partial charge on any atom is -0.311 e. The van der Waals surface area contributed by atoms with E-state index in [9.17, 15) is 10.1 Å². The lowest BCUT2D eigenvalue weighted by Gasteiger charge is -2.35. The predicted molar refractivity (Wildman–Crippen MR) is 82.4 cm³/mol. The number of piperidine rings is 1. The van der Waals surface area contributed by atoms with Crippen molar-refractivity contribution in [2.75, 3.05) is 13.6 Å². The highest BCUT2D eigenvalue weighted by atomic mass is 16.6. The van der Waals surface area contributed by atoms with Gasteiger partial charge in [0.2, 0.25) is 0 Å². The maximum atomic E-state index is 10.6. The Hall–Kier alpha value is -1.46. The molecular weight excluding hydrogens is 266 g/mol. The Bertz CT molecular complexity index is 491. The maximum absolute atomic E-state index is 10.6. The fourth-order valence-electron chi connectivity index (χ4n) is 3.66. The molecule has 5 heteroatoms. The van der Waals surface area contributed by atoms with Crippen molar-refractivity contribution >= 4 is 5.69 Å². The Morgan fingerprint density at radius 3 is 2.43 bits per heavy atom. The summed E-state index contributed by atoms with van der Waals surface area (Å²) in [7, 11) is 2.21. The fraction of sp³-hybridized carbons (Fsp3) is 0.625. The monoisotopic (exact) mass is 289 g/mol. The van der Waals surface area contributed by atoms with Crippen LogP contribution in [0, 0.1) is 10.1 Å². The van der Waals surface area contributed by atoms with Gasteiger partial charge in [0.15, 0.2) is 0 Å². The molecule has 1 N–H and O–H groups in total. The summed E-state index contributed by atoms with van der Waals surface area (Å²) in [5, 5.41) is 14.3. The van der Waals surface area contributed by atoms with E-state index in [0.29, 0.717) is 6.04 Å². The van der Waals surface area contributed by atoms with E-state index in [0.717, 1.165) is 25.0 Å². The van der Waals surface area contributed by atoms with Crippen molar-refractivity contribution in [3.8, 4) is 0 Å². The molecule has 2 saturated heterocycles. The first-order valence-corrected chi connectivity index (χ1v) is 7.81. The van der Waals surface area contributed by atoms with Gasteiger partial charge in [-0.1, -0.05) is 12.1 Å². The Kier molecular flexibility index (Phi) is 4.22. The summed E-state index contributed by atoms with van der Waals surface area (Å²) >= 11 is 0. The van der Waals surface area contributed by atoms with Gasteiger partial charge in [0.05, 0.1) is 4.92 Å². The van der Waals surface area contributed by atoms with Gasteiger partial charge in [0.25, 0.3) is 5.69 Å². The molecule has 1 aromatic rings. The van der Waals surface area contributed by atoms with Gasteiger partial charge < -0.3 is 10.2 Å². The average Bonchev–Trinajstić information content (AvgIpc) is 2.83. The third-order valence-corrected chi connectivity index (χ3v) is 4.97. The van der Waals surface area contributed by atoms with E-state index >= 15 is 0 Å². The number of nitro benzene ring substituents is 1. The molecule has 2 aliphatic heterocycles. The number of non-ortho nitro benzene ring substituents is 1. The quantitative estimate of drug-likeness (QED) is 0.668. The van der Waals surface area contributed by atoms with E-state index < -0.39 is 0 Å². The molecule has 21 heavy (non-hydrogen) atoms. The third-order valence-electron chi connectivity index (χ3n) is 4.97. The van der Waals surface area contributed by atoms with Gasteiger partial charge in [-0.2, -0.15) is 0 Å². The molecule has 0 amide bonds. The van der Waals surface area contributed by atoms with Crippen LogP contribution in [0.4, 0.5) is 5.69 Å². The standard InChI is InChI=1S/C16H23N3O2/c1-18(16-10-13-4-5-14(11-16)17-13)9-8-12-2-6-15(7-3-12)19(20)21/h2-3,6-7,13-14,16-17H,4-5,8-11H2,1H3. The van der Waals surface area contributed by atoms with Crippen molar-refractivity contribution in [2.24, 2.45) is 0 Å². The van der Waals surface area contributed by atoms with Crippen molar-refractivity contribution in [1.82, 2.24) is 10.2 Å². The predicted octanol–water partition coefficient (Wildman–Crippen LogP) is 2.35. The zero-order valence-corrected chi connectivity index (χ0v) is 12.5. The van der Waals surface area contributed by atoms with Crippen molar-refractivity contribution in [3.63, 3.8) is 0 Å². The Balaban J connectivity index is 1.51. The smallest absolute Gasteiger partial charge is 0.269 e. The normalized spacial score (nSPS) is 28.0. The van der Waals surface area contributed by atoms with Crippen LogP contribution in [0.15, 0.2) is 24.3 Å². The summed E-state index contributed by atoms with van der Waals surface area (Å²) in [6.07, 6.45) is 6.13. The van der Waals surface area contributed by atoms with Gasteiger partial charge in [-0.15, -0.1) is 0 Å². The molecule has 2 fully saturated rings. The van der Waals surface area contributed by atoms with E-state index in [-0.39, 0.29) is 10.6 Å². The van der Waals surface area contributed by atoms with Gasteiger partial charge in [0.1, 0.15) is 0 Å². The summed E-state index contributed by atoms with van der Waals surface area (Å²) in [5.74, 6) is 0. The molecule has 2 unspecified atom stereocenters. The summed E-state index contributed by atoms with van der Waals surface area (Å²) < 4.78 is 0. The van der Waals surface area contributed by atoms with Gasteiger partial charge >= 0.3 is 0 Å². The van der Waals surface area contributed by atoms with Crippen molar-refractivity contribution in [3.05, 3.63) is 39.9 Å². The maximum Gasteiger partial charge on any atom is 0.269 e. The first-order valence-electron chi connectivity index (χ1n) is 7.81. The highest BCUT2D eigenvalue weighted by Gasteiger charge is 2.34. The number of likely N-dealkylation sites (N-methyl/N-ethyl adjacent to an activating group) is 1. The number of rotatable bonds is 5. The SMILES string of the molecule is CN(CCc1ccc([N+](=O)[O-])cc1)C1CC2CCC(C1)N2. The molecule has 0 aliphatic carbocycles. The molecule has 2 heterocycles. The van der Waals surface area contributed by atoms with Crippen LogP contribution >= 0.6 is 0 Å². The number of nitrogens with zero attached hydrogens (tertiary/aromatic N) is 2. The lowest BCUT2D eigenvalue weighted by Crippen LogP contribution is -2.47. The average molecular weight is 289 g/mol. The molecule has 2 aliphatic rings. The van der Waals surface area contributed by atoms with Crippen LogP contribution in [0.1, 0.15) is 31.2 Å². The van der Waals surface area contributed by atoms with Gasteiger partial charge in [0, 0.05) is 36.8 Å². The Morgan fingerprint density at radius 2 is 1.86 bits per heavy atom. The highest BCUT2D eigenvalue weighted by Crippen LogP contribution is 2.29. The minimum absolute atomic E-state index is 0.169. The summed E-state index contributed by atoms with van der Waals surface area (Å²) in [5.41, 5.74) is 1.34. The lowest BCUT2D eigenvalue weighted by atomic mass is 9.98. The first kappa shape index (κ1) is 14.5. The van der Waals surface area contributed by atoms with Crippen molar-refractivity contribution in [2.45, 2.75) is 50.2 Å². The Morgan fingerprint density at radius 1 is 1.24 bits per heavy atom. The van der Waals surface area contributed by atoms with Crippen LogP contribution in [-0.2, 0) is 6.42 Å². The molecule has 0 radical (unpaired) electrons. The third kappa shape index (κ3) is 3.41. The Labute approximate surface area is 125 Å². The molecule has 0 spiro atoms. The number of fused-ring (bicyclic) bond motifs is 2. The van der Waals surface area contributed by atoms with Crippen LogP contribution in [0.3, 0.4) is 0 Å². The number of benzene rings is 1. The summed E-state index contributed by atoms with van der Waals surface area (Å²) in [4.78, 5) is 12.8. The van der Waals surface area contributed by atoms with Crippen molar-refractivity contribution < 1.29 is 4.92 Å². The second-order valence-corrected chi connectivity index (χ2v) is 6.42. The van der Waals surface area contributed by atoms with E-state index in [4.69, 9.17) is 0 Å². The zero-order chi connectivity index (χ0) is 14.8. The highest BCUT2D eigenvalue weighted by molar-refractivity contribution is 5.32. The summed E-state index contributed by atoms with van der Waals surface area (Å²) in [6.45, 7) is 1.02. The lowest BCUT2D eigenvalue weighted by molar-refractivity contribution is -0.384. The molecule has 0 saturated carbocycles. The first-order chi connectivity index (χ1) is 10.1. The van der Waals surface area contributed by atoms with Crippen LogP contribution in [-0.4, -0.2) is 41.5 Å². The van der Waals surface area contributed by atoms with Crippen molar-refractivity contribution in [1.29, 1.82) is 0 Å². The van der Waals surface area contributed by atoms with Crippen LogP contribution < -0.4 is 5.32 Å². The van der Waals surface area contributed by atoms with Gasteiger partial charge in [-0.25, -0.2) is 0 Å². The molecule has 2 atom stereocenters. The van der Waals surface area contributed by atoms with Crippen LogP contribution in [0.2, 0.25) is 0 Å². The molecule has 114 valence electrons. The van der Waals surface area contributed by atoms with Crippen LogP contribution in [0.25, 0.3) is 0 Å². The van der Waals surface area contributed by atoms with E-state index in [1.807, 2.05) is 12.1 Å². The second kappa shape index (κ2) is 6.12. The fourth-order valence-corrected chi connectivity index (χ4v) is 3.66. The number of nitrogens with one attached hydrogen (secondary N) is 1. The number of hydrogen-bond donors (Lipinski definition) is 1. The topological polar surface area (TPSA) is 58.4 Å². The summed E-state index contributed by atoms with van der Waals surface area (Å²) in [6, 6.07) is 9.06. The molecule has 1 aromatic carbocycles. The molecular formula is C16H23N3O2. The molecule has 2 bridgehead atoms. The van der Waals surface area contributed by atoms with E-state index in [2.05, 4.69) is 17.3 Å². The minimum atomic E-state index is -0.347. The van der Waals surface area contributed by atoms with E-state index in [1.54, 1.807) is 12.1 Å². The largest absolute Gasteiger partial charge is 0.311 e. The van der Waals surface area contributed by atoms with E-state index in [1.165, 1.54) is 31.2 Å². The second-order valence-electron chi connectivity index (χ2n) is 6.42. The van der Waals surface area contributed by atoms with Gasteiger partial charge in [-0.05, 0) is 44.7 Å². The molecule has 5 nitrogen and oxygen atoms in total. The van der Waals surface area contributed by atoms with Gasteiger partial charge in [-0.3, -0.25) is 10.1 Å². The zero-order valence-electron chi connectivity index (χ0n) is 12.5. The molecule has 3 rings (SSSR count). The van der Waals surface area contributed by atoms with Crippen LogP contribution in [0.5, 0.6) is 0 Å². The number of nitro groups is 1. The number of hydrogen-bond acceptors (Lipinski definition) is 4. The molecule has 0 aromatic heterocycles.